The van der Waals surface area contributed by atoms with Crippen LogP contribution >= 0.6 is 7.82 Å². The average Bonchev–Trinajstić information content (AvgIpc) is 3.22. The molecule has 2 aromatic rings. The van der Waals surface area contributed by atoms with E-state index in [2.05, 4.69) is 21.7 Å². The molecule has 4 fully saturated rings. The highest BCUT2D eigenvalue weighted by molar-refractivity contribution is 7.46. The minimum absolute atomic E-state index is 0.00764. The fourth-order valence-electron chi connectivity index (χ4n) is 7.52. The van der Waals surface area contributed by atoms with Crippen LogP contribution in [0, 0.1) is 23.2 Å². The number of imidazole rings is 1. The third-order valence-corrected chi connectivity index (χ3v) is 8.60. The lowest BCUT2D eigenvalue weighted by Gasteiger charge is -2.59. The van der Waals surface area contributed by atoms with E-state index in [1.807, 2.05) is 24.7 Å². The van der Waals surface area contributed by atoms with Crippen molar-refractivity contribution in [2.45, 2.75) is 57.1 Å². The number of fused-ring (bicyclic) bond motifs is 3. The van der Waals surface area contributed by atoms with Crippen molar-refractivity contribution in [3.63, 3.8) is 0 Å². The topological polar surface area (TPSA) is 84.6 Å². The minimum Gasteiger partial charge on any atom is -0.323 e. The van der Waals surface area contributed by atoms with Gasteiger partial charge in [-0.15, -0.1) is 0 Å². The van der Waals surface area contributed by atoms with E-state index < -0.39 is 13.9 Å². The second-order valence-corrected chi connectivity index (χ2v) is 11.1. The Morgan fingerprint density at radius 2 is 1.79 bits per heavy atom. The van der Waals surface area contributed by atoms with Crippen LogP contribution in [0.5, 0.6) is 0 Å². The molecule has 1 aromatic heterocycles. The molecule has 4 aliphatic carbocycles. The van der Waals surface area contributed by atoms with E-state index in [0.29, 0.717) is 24.2 Å². The highest BCUT2D eigenvalue weighted by Gasteiger charge is 2.56. The molecule has 29 heavy (non-hydrogen) atoms. The van der Waals surface area contributed by atoms with Crippen LogP contribution in [-0.2, 0) is 9.09 Å². The summed E-state index contributed by atoms with van der Waals surface area (Å²) in [5, 5.41) is 0. The first-order valence-electron chi connectivity index (χ1n) is 10.8. The molecule has 7 rings (SSSR count). The summed E-state index contributed by atoms with van der Waals surface area (Å²) in [7, 11) is -4.58. The van der Waals surface area contributed by atoms with E-state index in [1.54, 1.807) is 0 Å². The SMILES string of the molecule is O=P(O)(O)OC(CC1c2ccccc2-c2cncn21)C12CC3CC(CC(C3)C1)C2. The monoisotopic (exact) mass is 414 g/mol. The van der Waals surface area contributed by atoms with Gasteiger partial charge in [0, 0.05) is 5.56 Å². The number of rotatable bonds is 5. The Hall–Kier alpha value is -1.46. The predicted octanol–water partition coefficient (Wildman–Crippen LogP) is 4.54. The molecule has 4 saturated carbocycles. The van der Waals surface area contributed by atoms with Gasteiger partial charge in [-0.25, -0.2) is 9.55 Å². The molecule has 2 unspecified atom stereocenters. The Bertz CT molecular complexity index is 961. The Labute approximate surface area is 170 Å². The summed E-state index contributed by atoms with van der Waals surface area (Å²) in [6.07, 6.45) is 10.9. The van der Waals surface area contributed by atoms with Crippen LogP contribution in [0.25, 0.3) is 11.3 Å². The summed E-state index contributed by atoms with van der Waals surface area (Å²) in [6.45, 7) is 0. The normalized spacial score (nSPS) is 35.5. The second-order valence-electron chi connectivity index (χ2n) is 9.89. The van der Waals surface area contributed by atoms with Gasteiger partial charge in [0.2, 0.25) is 0 Å². The van der Waals surface area contributed by atoms with E-state index in [-0.39, 0.29) is 11.5 Å². The zero-order chi connectivity index (χ0) is 19.8. The van der Waals surface area contributed by atoms with E-state index >= 15 is 0 Å². The maximum atomic E-state index is 12.0. The van der Waals surface area contributed by atoms with E-state index in [0.717, 1.165) is 30.5 Å². The molecular weight excluding hydrogens is 387 g/mol. The molecular formula is C22H27N2O4P. The van der Waals surface area contributed by atoms with Crippen molar-refractivity contribution in [1.82, 2.24) is 9.55 Å². The fourth-order valence-corrected chi connectivity index (χ4v) is 8.16. The summed E-state index contributed by atoms with van der Waals surface area (Å²) in [6, 6.07) is 8.30. The van der Waals surface area contributed by atoms with Gasteiger partial charge in [0.15, 0.2) is 0 Å². The molecule has 1 aliphatic heterocycles. The maximum Gasteiger partial charge on any atom is 0.469 e. The van der Waals surface area contributed by atoms with Crippen LogP contribution < -0.4 is 0 Å². The molecule has 0 amide bonds. The van der Waals surface area contributed by atoms with Crippen molar-refractivity contribution < 1.29 is 18.9 Å². The first kappa shape index (κ1) is 18.3. The zero-order valence-corrected chi connectivity index (χ0v) is 17.2. The number of hydrogen-bond donors (Lipinski definition) is 2. The summed E-state index contributed by atoms with van der Waals surface area (Å²) in [4.78, 5) is 23.9. The molecule has 0 saturated heterocycles. The maximum absolute atomic E-state index is 12.0. The largest absolute Gasteiger partial charge is 0.469 e. The smallest absolute Gasteiger partial charge is 0.323 e. The number of benzene rings is 1. The van der Waals surface area contributed by atoms with Crippen molar-refractivity contribution in [2.75, 3.05) is 0 Å². The van der Waals surface area contributed by atoms with Crippen molar-refractivity contribution in [1.29, 1.82) is 0 Å². The van der Waals surface area contributed by atoms with Crippen LogP contribution in [0.4, 0.5) is 0 Å². The third-order valence-electron chi connectivity index (χ3n) is 8.07. The Morgan fingerprint density at radius 3 is 2.45 bits per heavy atom. The summed E-state index contributed by atoms with van der Waals surface area (Å²) >= 11 is 0. The van der Waals surface area contributed by atoms with Gasteiger partial charge in [-0.2, -0.15) is 0 Å². The van der Waals surface area contributed by atoms with Crippen molar-refractivity contribution >= 4 is 7.82 Å². The molecule has 7 heteroatoms. The molecule has 0 radical (unpaired) electrons. The van der Waals surface area contributed by atoms with Gasteiger partial charge in [0.05, 0.1) is 30.4 Å². The van der Waals surface area contributed by atoms with Gasteiger partial charge < -0.3 is 14.4 Å². The third kappa shape index (κ3) is 2.96. The Kier molecular flexibility index (Phi) is 3.96. The number of aromatic nitrogens is 2. The lowest BCUT2D eigenvalue weighted by molar-refractivity contribution is -0.120. The number of nitrogens with zero attached hydrogens (tertiary/aromatic N) is 2. The standard InChI is InChI=1S/C22H27N2O4P/c25-29(26,27)28-21(22-9-14-5-15(10-22)7-16(6-14)11-22)8-19-17-3-1-2-4-18(17)20-12-23-13-24(19)20/h1-4,12-16,19,21H,5-11H2,(H2,25,26,27). The van der Waals surface area contributed by atoms with Crippen molar-refractivity contribution in [3.8, 4) is 11.3 Å². The number of phosphoric acid groups is 1. The summed E-state index contributed by atoms with van der Waals surface area (Å²) < 4.78 is 19.8. The summed E-state index contributed by atoms with van der Waals surface area (Å²) in [5.74, 6) is 2.09. The zero-order valence-electron chi connectivity index (χ0n) is 16.4. The first-order valence-corrected chi connectivity index (χ1v) is 12.3. The van der Waals surface area contributed by atoms with Gasteiger partial charge in [0.25, 0.3) is 0 Å². The van der Waals surface area contributed by atoms with Gasteiger partial charge >= 0.3 is 7.82 Å². The molecule has 1 aromatic carbocycles. The van der Waals surface area contributed by atoms with Gasteiger partial charge in [-0.1, -0.05) is 24.3 Å². The number of hydrogen-bond acceptors (Lipinski definition) is 3. The van der Waals surface area contributed by atoms with Gasteiger partial charge in [-0.3, -0.25) is 4.52 Å². The van der Waals surface area contributed by atoms with Gasteiger partial charge in [-0.05, 0) is 73.7 Å². The Balaban J connectivity index is 1.39. The van der Waals surface area contributed by atoms with Crippen LogP contribution in [0.2, 0.25) is 0 Å². The van der Waals surface area contributed by atoms with Crippen LogP contribution in [0.3, 0.4) is 0 Å². The molecule has 154 valence electrons. The van der Waals surface area contributed by atoms with Crippen LogP contribution in [0.15, 0.2) is 36.8 Å². The van der Waals surface area contributed by atoms with Crippen LogP contribution in [-0.4, -0.2) is 25.4 Å². The molecule has 2 heterocycles. The van der Waals surface area contributed by atoms with E-state index in [1.165, 1.54) is 24.8 Å². The second kappa shape index (κ2) is 6.27. The highest BCUT2D eigenvalue weighted by atomic mass is 31.2. The molecule has 4 bridgehead atoms. The molecule has 2 atom stereocenters. The lowest BCUT2D eigenvalue weighted by atomic mass is 9.48. The first-order chi connectivity index (χ1) is 13.9. The van der Waals surface area contributed by atoms with E-state index in [9.17, 15) is 14.4 Å². The average molecular weight is 414 g/mol. The quantitative estimate of drug-likeness (QED) is 0.702. The predicted molar refractivity (Wildman–Crippen MR) is 108 cm³/mol. The minimum atomic E-state index is -4.58. The summed E-state index contributed by atoms with van der Waals surface area (Å²) in [5.41, 5.74) is 3.34. The van der Waals surface area contributed by atoms with Crippen LogP contribution in [0.1, 0.15) is 56.6 Å². The fraction of sp³-hybridized carbons (Fsp3) is 0.591. The lowest BCUT2D eigenvalue weighted by Crippen LogP contribution is -2.52. The van der Waals surface area contributed by atoms with E-state index in [4.69, 9.17) is 4.52 Å². The molecule has 6 nitrogen and oxygen atoms in total. The molecule has 0 spiro atoms. The number of phosphoric ester groups is 1. The van der Waals surface area contributed by atoms with Crippen molar-refractivity contribution in [2.24, 2.45) is 23.2 Å². The van der Waals surface area contributed by atoms with Gasteiger partial charge in [0.1, 0.15) is 0 Å². The molecule has 2 N–H and O–H groups in total. The van der Waals surface area contributed by atoms with Crippen molar-refractivity contribution in [3.05, 3.63) is 42.4 Å². The molecule has 5 aliphatic rings. The highest BCUT2D eigenvalue weighted by Crippen LogP contribution is 2.64. The Morgan fingerprint density at radius 1 is 1.14 bits per heavy atom.